The Hall–Kier alpha value is -2.21. The summed E-state index contributed by atoms with van der Waals surface area (Å²) >= 11 is 6.16. The molecular formula is C18H21ClFN3O2. The maximum absolute atomic E-state index is 13.2. The first-order valence-corrected chi connectivity index (χ1v) is 8.40. The Morgan fingerprint density at radius 3 is 2.76 bits per heavy atom. The van der Waals surface area contributed by atoms with Crippen LogP contribution in [0.4, 0.5) is 10.2 Å². The highest BCUT2D eigenvalue weighted by molar-refractivity contribution is 6.32. The van der Waals surface area contributed by atoms with E-state index in [1.165, 1.54) is 26.1 Å². The minimum absolute atomic E-state index is 0.244. The molecule has 2 N–H and O–H groups in total. The summed E-state index contributed by atoms with van der Waals surface area (Å²) in [6.45, 7) is 4.72. The summed E-state index contributed by atoms with van der Waals surface area (Å²) in [7, 11) is 0. The Labute approximate surface area is 151 Å². The first kappa shape index (κ1) is 19.1. The van der Waals surface area contributed by atoms with Gasteiger partial charge in [-0.05, 0) is 49.6 Å². The monoisotopic (exact) mass is 365 g/mol. The fourth-order valence-electron chi connectivity index (χ4n) is 2.63. The minimum Gasteiger partial charge on any atom is -0.346 e. The first-order valence-electron chi connectivity index (χ1n) is 8.02. The summed E-state index contributed by atoms with van der Waals surface area (Å²) in [6, 6.07) is 2.83. The van der Waals surface area contributed by atoms with Gasteiger partial charge in [0.15, 0.2) is 0 Å². The molecule has 0 saturated carbocycles. The van der Waals surface area contributed by atoms with Crippen LogP contribution in [-0.4, -0.2) is 29.0 Å². The topological polar surface area (TPSA) is 71.1 Å². The largest absolute Gasteiger partial charge is 0.346 e. The summed E-state index contributed by atoms with van der Waals surface area (Å²) in [5, 5.41) is 5.98. The number of aromatic nitrogens is 1. The normalized spacial score (nSPS) is 16.3. The molecule has 2 amide bonds. The van der Waals surface area contributed by atoms with E-state index < -0.39 is 6.17 Å². The predicted octanol–water partition coefficient (Wildman–Crippen LogP) is 3.73. The predicted molar refractivity (Wildman–Crippen MR) is 96.2 cm³/mol. The van der Waals surface area contributed by atoms with Crippen LogP contribution in [0.25, 0.3) is 0 Å². The molecular weight excluding hydrogens is 345 g/mol. The van der Waals surface area contributed by atoms with Gasteiger partial charge in [-0.1, -0.05) is 11.6 Å². The van der Waals surface area contributed by atoms with Crippen LogP contribution in [0.15, 0.2) is 40.6 Å². The number of amides is 2. The van der Waals surface area contributed by atoms with Crippen molar-refractivity contribution in [3.63, 3.8) is 0 Å². The van der Waals surface area contributed by atoms with E-state index in [0.29, 0.717) is 29.3 Å². The Morgan fingerprint density at radius 2 is 2.12 bits per heavy atom. The number of carbonyl (C=O) groups excluding carboxylic acids is 2. The minimum atomic E-state index is -0.953. The SMILES string of the molecule is CC(=O)Nc1cc(C(=O)NC(C)C2=CC(Cl)=C(C[C@@H](C)F)C2)ccn1. The van der Waals surface area contributed by atoms with Gasteiger partial charge in [-0.25, -0.2) is 9.37 Å². The van der Waals surface area contributed by atoms with Crippen molar-refractivity contribution in [2.45, 2.75) is 45.8 Å². The molecule has 1 unspecified atom stereocenters. The molecule has 0 fully saturated rings. The zero-order valence-electron chi connectivity index (χ0n) is 14.4. The molecule has 7 heteroatoms. The van der Waals surface area contributed by atoms with Gasteiger partial charge in [0.2, 0.25) is 5.91 Å². The summed E-state index contributed by atoms with van der Waals surface area (Å²) in [5.41, 5.74) is 2.18. The smallest absolute Gasteiger partial charge is 0.251 e. The lowest BCUT2D eigenvalue weighted by Crippen LogP contribution is -2.33. The van der Waals surface area contributed by atoms with Crippen molar-refractivity contribution in [1.82, 2.24) is 10.3 Å². The van der Waals surface area contributed by atoms with Crippen molar-refractivity contribution >= 4 is 29.2 Å². The number of pyridine rings is 1. The van der Waals surface area contributed by atoms with Crippen LogP contribution in [0.3, 0.4) is 0 Å². The molecule has 1 heterocycles. The highest BCUT2D eigenvalue weighted by atomic mass is 35.5. The molecule has 1 aliphatic rings. The summed E-state index contributed by atoms with van der Waals surface area (Å²) < 4.78 is 13.2. The summed E-state index contributed by atoms with van der Waals surface area (Å²) in [4.78, 5) is 27.5. The first-order chi connectivity index (χ1) is 11.8. The Bertz CT molecular complexity index is 744. The van der Waals surface area contributed by atoms with Crippen LogP contribution in [0.1, 0.15) is 44.0 Å². The fraction of sp³-hybridized carbons (Fsp3) is 0.389. The maximum atomic E-state index is 13.2. The standard InChI is InChI=1S/C18H21ClFN3O2/c1-10(20)6-15-7-14(8-16(15)19)11(2)22-18(25)13-4-5-21-17(9-13)23-12(3)24/h4-5,8-11H,6-7H2,1-3H3,(H,22,25)(H,21,23,24)/t10-,11?/m1/s1. The summed E-state index contributed by atoms with van der Waals surface area (Å²) in [6.07, 6.45) is 3.15. The molecule has 25 heavy (non-hydrogen) atoms. The van der Waals surface area contributed by atoms with E-state index in [0.717, 1.165) is 11.1 Å². The van der Waals surface area contributed by atoms with Crippen molar-refractivity contribution in [1.29, 1.82) is 0 Å². The highest BCUT2D eigenvalue weighted by Gasteiger charge is 2.22. The number of alkyl halides is 1. The number of anilines is 1. The van der Waals surface area contributed by atoms with Gasteiger partial charge in [0.05, 0.1) is 0 Å². The Balaban J connectivity index is 2.00. The number of nitrogens with zero attached hydrogens (tertiary/aromatic N) is 1. The average Bonchev–Trinajstić information content (AvgIpc) is 2.87. The molecule has 0 saturated heterocycles. The van der Waals surface area contributed by atoms with Gasteiger partial charge in [-0.2, -0.15) is 0 Å². The molecule has 0 spiro atoms. The van der Waals surface area contributed by atoms with Crippen LogP contribution >= 0.6 is 11.6 Å². The number of hydrogen-bond donors (Lipinski definition) is 2. The van der Waals surface area contributed by atoms with E-state index in [4.69, 9.17) is 11.6 Å². The molecule has 0 bridgehead atoms. The number of rotatable bonds is 6. The van der Waals surface area contributed by atoms with Gasteiger partial charge in [-0.3, -0.25) is 9.59 Å². The average molecular weight is 366 g/mol. The number of nitrogens with one attached hydrogen (secondary N) is 2. The molecule has 1 aliphatic carbocycles. The number of allylic oxidation sites excluding steroid dienone is 3. The lowest BCUT2D eigenvalue weighted by Gasteiger charge is -2.16. The summed E-state index contributed by atoms with van der Waals surface area (Å²) in [5.74, 6) is -0.229. The second-order valence-electron chi connectivity index (χ2n) is 6.14. The third-order valence-electron chi connectivity index (χ3n) is 3.83. The van der Waals surface area contributed by atoms with Gasteiger partial charge < -0.3 is 10.6 Å². The molecule has 5 nitrogen and oxygen atoms in total. The van der Waals surface area contributed by atoms with Crippen LogP contribution in [0.5, 0.6) is 0 Å². The van der Waals surface area contributed by atoms with E-state index in [-0.39, 0.29) is 17.9 Å². The maximum Gasteiger partial charge on any atom is 0.251 e. The molecule has 0 aromatic carbocycles. The molecule has 0 radical (unpaired) electrons. The molecule has 0 aliphatic heterocycles. The number of hydrogen-bond acceptors (Lipinski definition) is 3. The van der Waals surface area contributed by atoms with Gasteiger partial charge in [0.1, 0.15) is 12.0 Å². The lowest BCUT2D eigenvalue weighted by atomic mass is 10.0. The lowest BCUT2D eigenvalue weighted by molar-refractivity contribution is -0.114. The second-order valence-corrected chi connectivity index (χ2v) is 6.55. The fourth-order valence-corrected chi connectivity index (χ4v) is 2.91. The second kappa shape index (κ2) is 8.25. The van der Waals surface area contributed by atoms with Crippen molar-refractivity contribution in [3.05, 3.63) is 46.1 Å². The van der Waals surface area contributed by atoms with Crippen molar-refractivity contribution in [2.75, 3.05) is 5.32 Å². The van der Waals surface area contributed by atoms with Crippen LogP contribution in [0.2, 0.25) is 0 Å². The van der Waals surface area contributed by atoms with Crippen LogP contribution in [-0.2, 0) is 4.79 Å². The number of carbonyl (C=O) groups is 2. The zero-order valence-corrected chi connectivity index (χ0v) is 15.2. The van der Waals surface area contributed by atoms with Crippen molar-refractivity contribution < 1.29 is 14.0 Å². The molecule has 2 atom stereocenters. The van der Waals surface area contributed by atoms with E-state index in [1.54, 1.807) is 12.1 Å². The van der Waals surface area contributed by atoms with Crippen LogP contribution in [0, 0.1) is 0 Å². The zero-order chi connectivity index (χ0) is 18.6. The van der Waals surface area contributed by atoms with Crippen molar-refractivity contribution in [3.8, 4) is 0 Å². The molecule has 1 aromatic heterocycles. The van der Waals surface area contributed by atoms with E-state index in [1.807, 2.05) is 6.92 Å². The third-order valence-corrected chi connectivity index (χ3v) is 4.20. The molecule has 134 valence electrons. The molecule has 1 aromatic rings. The van der Waals surface area contributed by atoms with Gasteiger partial charge in [0, 0.05) is 36.2 Å². The molecule has 2 rings (SSSR count). The Kier molecular flexibility index (Phi) is 6.31. The van der Waals surface area contributed by atoms with E-state index in [2.05, 4.69) is 15.6 Å². The van der Waals surface area contributed by atoms with Gasteiger partial charge in [-0.15, -0.1) is 0 Å². The number of halogens is 2. The quantitative estimate of drug-likeness (QED) is 0.806. The highest BCUT2D eigenvalue weighted by Crippen LogP contribution is 2.33. The van der Waals surface area contributed by atoms with Gasteiger partial charge >= 0.3 is 0 Å². The van der Waals surface area contributed by atoms with E-state index in [9.17, 15) is 14.0 Å². The van der Waals surface area contributed by atoms with Crippen molar-refractivity contribution in [2.24, 2.45) is 0 Å². The van der Waals surface area contributed by atoms with E-state index >= 15 is 0 Å². The van der Waals surface area contributed by atoms with Crippen LogP contribution < -0.4 is 10.6 Å². The van der Waals surface area contributed by atoms with Gasteiger partial charge in [0.25, 0.3) is 5.91 Å². The third kappa shape index (κ3) is 5.39. The Morgan fingerprint density at radius 1 is 1.40 bits per heavy atom.